The zero-order valence-electron chi connectivity index (χ0n) is 39.9. The molecule has 0 spiro atoms. The van der Waals surface area contributed by atoms with Crippen LogP contribution in [0.1, 0.15) is 111 Å². The molecule has 372 valence electrons. The van der Waals surface area contributed by atoms with E-state index in [1.807, 2.05) is 38.1 Å². The predicted octanol–water partition coefficient (Wildman–Crippen LogP) is 5.69. The standard InChI is InChI=1S/C48H62BF2N7O10S/c1-33-30-37(55-41(33)32-42-36(12-11-29-69-68-67-64)31-43(56(42)49(55,50)51)39-23-16-34(2)53-39)20-17-35-18-21-38(22-19-35)65-28-10-14-44(59)54-40(13-7-9-27-58(3,4)5)48(63)52-26-8-6-15-47(62)66-57-45(60)24-25-46(57)61/h16-23,30-32,40,53H,6-15,24-29H2,1-5H3,(H2-,52,54,59,63,64)/b20-17+. The number of hydroxylamine groups is 2. The summed E-state index contributed by atoms with van der Waals surface area (Å²) in [6.07, 6.45) is 11.5. The molecule has 1 atom stereocenters. The van der Waals surface area contributed by atoms with Gasteiger partial charge in [-0.3, -0.25) is 24.2 Å². The Hall–Kier alpha value is -5.87. The Morgan fingerprint density at radius 1 is 0.957 bits per heavy atom. The summed E-state index contributed by atoms with van der Waals surface area (Å²) in [5.41, 5.74) is 5.24. The van der Waals surface area contributed by atoms with Crippen molar-refractivity contribution in [1.82, 2.24) is 25.2 Å². The minimum absolute atomic E-state index is 0.0157. The molecule has 21 heteroatoms. The van der Waals surface area contributed by atoms with Crippen molar-refractivity contribution in [3.05, 3.63) is 93.7 Å². The number of hydrogen-bond acceptors (Lipinski definition) is 11. The first kappa shape index (κ1) is 52.5. The number of halogens is 2. The number of aromatic amines is 1. The maximum absolute atomic E-state index is 17.0. The van der Waals surface area contributed by atoms with E-state index in [-0.39, 0.29) is 50.6 Å². The SMILES string of the molecule is Cc1ccc(C2=[N+]3C(=Cc4c(C)cc(/C=C/c5ccc(OCCCC(=O)NC(CCCC[N+](C)(C)C)C(=O)NCCCCC(=O)ON6C(=O)CCC6=O)cc5)n4[B-]3(F)F)C(CCCSOO[O-])=C2)[nH]1. The van der Waals surface area contributed by atoms with E-state index in [9.17, 15) is 29.2 Å². The molecule has 6 rings (SSSR count). The molecule has 69 heavy (non-hydrogen) atoms. The van der Waals surface area contributed by atoms with E-state index in [2.05, 4.69) is 46.1 Å². The number of quaternary nitrogens is 1. The van der Waals surface area contributed by atoms with Gasteiger partial charge in [0.05, 0.1) is 34.3 Å². The van der Waals surface area contributed by atoms with Crippen molar-refractivity contribution in [1.29, 1.82) is 0 Å². The van der Waals surface area contributed by atoms with Gasteiger partial charge in [0.15, 0.2) is 11.4 Å². The highest BCUT2D eigenvalue weighted by atomic mass is 32.2. The molecule has 3 aliphatic heterocycles. The summed E-state index contributed by atoms with van der Waals surface area (Å²) in [5, 5.41) is 19.9. The molecule has 5 heterocycles. The van der Waals surface area contributed by atoms with Crippen molar-refractivity contribution in [2.24, 2.45) is 0 Å². The fraction of sp³-hybridized carbons (Fsp3) is 0.458. The van der Waals surface area contributed by atoms with Crippen LogP contribution in [0.3, 0.4) is 0 Å². The third kappa shape index (κ3) is 14.3. The lowest BCUT2D eigenvalue weighted by Gasteiger charge is -2.31. The van der Waals surface area contributed by atoms with Crippen LogP contribution >= 0.6 is 12.0 Å². The summed E-state index contributed by atoms with van der Waals surface area (Å²) in [7, 11) is 6.27. The largest absolute Gasteiger partial charge is 0.737 e. The third-order valence-corrected chi connectivity index (χ3v) is 12.5. The van der Waals surface area contributed by atoms with E-state index in [4.69, 9.17) is 9.57 Å². The average Bonchev–Trinajstić information content (AvgIpc) is 4.07. The number of unbranched alkanes of at least 4 members (excludes halogenated alkanes) is 2. The number of allylic oxidation sites excluding steroid dienone is 2. The normalized spacial score (nSPS) is 15.9. The number of hydrogen-bond donors (Lipinski definition) is 3. The van der Waals surface area contributed by atoms with Crippen LogP contribution in [0.25, 0.3) is 18.2 Å². The number of aryl methyl sites for hydroxylation is 2. The van der Waals surface area contributed by atoms with Crippen molar-refractivity contribution in [3.63, 3.8) is 0 Å². The molecule has 0 saturated carbocycles. The summed E-state index contributed by atoms with van der Waals surface area (Å²) >= 11 is 0.867. The molecule has 0 aliphatic carbocycles. The van der Waals surface area contributed by atoms with Crippen molar-refractivity contribution < 1.29 is 65.8 Å². The van der Waals surface area contributed by atoms with Gasteiger partial charge in [0.25, 0.3) is 11.8 Å². The number of benzene rings is 1. The lowest BCUT2D eigenvalue weighted by molar-refractivity contribution is -0.870. The number of carbonyl (C=O) groups excluding carboxylic acids is 5. The van der Waals surface area contributed by atoms with Gasteiger partial charge < -0.3 is 52.5 Å². The highest BCUT2D eigenvalue weighted by Gasteiger charge is 2.54. The second kappa shape index (κ2) is 24.1. The first-order chi connectivity index (χ1) is 32.9. The van der Waals surface area contributed by atoms with Crippen molar-refractivity contribution >= 4 is 72.6 Å². The van der Waals surface area contributed by atoms with E-state index in [1.165, 1.54) is 0 Å². The van der Waals surface area contributed by atoms with Gasteiger partial charge in [-0.2, -0.15) is 4.33 Å². The first-order valence-electron chi connectivity index (χ1n) is 23.4. The molecule has 3 N–H and O–H groups in total. The molecular formula is C48H62BF2N7O10S. The van der Waals surface area contributed by atoms with Gasteiger partial charge in [-0.25, -0.2) is 4.79 Å². The van der Waals surface area contributed by atoms with Crippen LogP contribution in [0.15, 0.2) is 59.8 Å². The van der Waals surface area contributed by atoms with E-state index < -0.39 is 30.8 Å². The van der Waals surface area contributed by atoms with Gasteiger partial charge in [-0.15, -0.1) is 5.06 Å². The highest BCUT2D eigenvalue weighted by Crippen LogP contribution is 2.40. The maximum atomic E-state index is 17.0. The van der Waals surface area contributed by atoms with Crippen LogP contribution in [0.4, 0.5) is 8.63 Å². The Labute approximate surface area is 405 Å². The Morgan fingerprint density at radius 3 is 2.41 bits per heavy atom. The Balaban J connectivity index is 0.997. The van der Waals surface area contributed by atoms with Gasteiger partial charge in [0, 0.05) is 84.8 Å². The molecule has 0 bridgehead atoms. The van der Waals surface area contributed by atoms with Gasteiger partial charge >= 0.3 is 12.9 Å². The molecule has 17 nitrogen and oxygen atoms in total. The van der Waals surface area contributed by atoms with Crippen LogP contribution in [0, 0.1) is 13.8 Å². The monoisotopic (exact) mass is 977 g/mol. The topological polar surface area (TPSA) is 196 Å². The molecule has 1 unspecified atom stereocenters. The van der Waals surface area contributed by atoms with Gasteiger partial charge in [-0.1, -0.05) is 18.2 Å². The number of fused-ring (bicyclic) bond motifs is 2. The predicted molar refractivity (Wildman–Crippen MR) is 255 cm³/mol. The molecule has 1 aromatic carbocycles. The average molecular weight is 978 g/mol. The van der Waals surface area contributed by atoms with E-state index >= 15 is 8.63 Å². The molecule has 1 saturated heterocycles. The zero-order valence-corrected chi connectivity index (χ0v) is 40.7. The van der Waals surface area contributed by atoms with Crippen molar-refractivity contribution in [3.8, 4) is 5.75 Å². The fourth-order valence-electron chi connectivity index (χ4n) is 8.41. The molecular weight excluding hydrogens is 915 g/mol. The summed E-state index contributed by atoms with van der Waals surface area (Å²) in [5.74, 6) is -1.38. The minimum Gasteiger partial charge on any atom is -0.691 e. The molecule has 3 aliphatic rings. The number of nitrogens with one attached hydrogen (secondary N) is 3. The molecule has 0 radical (unpaired) electrons. The van der Waals surface area contributed by atoms with Crippen LogP contribution < -0.4 is 20.6 Å². The molecule has 1 fully saturated rings. The Morgan fingerprint density at radius 2 is 1.71 bits per heavy atom. The Bertz CT molecular complexity index is 2460. The van der Waals surface area contributed by atoms with Crippen LogP contribution in [-0.2, 0) is 38.2 Å². The van der Waals surface area contributed by atoms with Crippen LogP contribution in [-0.4, -0.2) is 118 Å². The number of carbonyl (C=O) groups is 5. The smallest absolute Gasteiger partial charge is 0.691 e. The first-order valence-corrected chi connectivity index (χ1v) is 24.3. The number of H-pyrrole nitrogens is 1. The number of aromatic nitrogens is 2. The summed E-state index contributed by atoms with van der Waals surface area (Å²) < 4.78 is 47.3. The number of imide groups is 1. The Kier molecular flexibility index (Phi) is 18.3. The molecule has 4 amide bonds. The summed E-state index contributed by atoms with van der Waals surface area (Å²) in [6.45, 7) is 0.765. The number of amides is 4. The highest BCUT2D eigenvalue weighted by molar-refractivity contribution is 7.94. The summed E-state index contributed by atoms with van der Waals surface area (Å²) in [6, 6.07) is 11.9. The quantitative estimate of drug-likeness (QED) is 0.0162. The van der Waals surface area contributed by atoms with Gasteiger partial charge in [0.1, 0.15) is 17.5 Å². The third-order valence-electron chi connectivity index (χ3n) is 11.9. The van der Waals surface area contributed by atoms with Crippen LogP contribution in [0.5, 0.6) is 5.75 Å². The van der Waals surface area contributed by atoms with Crippen LogP contribution in [0.2, 0.25) is 0 Å². The minimum atomic E-state index is -4.33. The fourth-order valence-corrected chi connectivity index (χ4v) is 8.78. The second-order valence-corrected chi connectivity index (χ2v) is 19.2. The number of rotatable bonds is 27. The van der Waals surface area contributed by atoms with E-state index in [0.29, 0.717) is 89.1 Å². The van der Waals surface area contributed by atoms with Crippen molar-refractivity contribution in [2.45, 2.75) is 96.9 Å². The van der Waals surface area contributed by atoms with Gasteiger partial charge in [-0.05, 0) is 113 Å². The lowest BCUT2D eigenvalue weighted by atomic mass is 9.88. The second-order valence-electron chi connectivity index (χ2n) is 18.4. The van der Waals surface area contributed by atoms with Gasteiger partial charge in [0.2, 0.25) is 11.8 Å². The zero-order chi connectivity index (χ0) is 49.7. The van der Waals surface area contributed by atoms with E-state index in [1.54, 1.807) is 42.5 Å². The lowest BCUT2D eigenvalue weighted by Crippen LogP contribution is -2.51. The summed E-state index contributed by atoms with van der Waals surface area (Å²) in [4.78, 5) is 69.9. The number of nitrogens with zero attached hydrogens (tertiary/aromatic N) is 4. The molecule has 2 aromatic heterocycles. The van der Waals surface area contributed by atoms with Crippen molar-refractivity contribution in [2.75, 3.05) is 46.6 Å². The maximum Gasteiger partial charge on any atom is 0.737 e. The molecule has 3 aromatic rings. The number of ether oxygens (including phenoxy) is 1. The van der Waals surface area contributed by atoms with E-state index in [0.717, 1.165) is 61.7 Å².